The molecule has 1 aromatic rings. The van der Waals surface area contributed by atoms with Gasteiger partial charge in [0.15, 0.2) is 0 Å². The van der Waals surface area contributed by atoms with Crippen molar-refractivity contribution in [3.63, 3.8) is 0 Å². The van der Waals surface area contributed by atoms with Gasteiger partial charge in [-0.15, -0.1) is 0 Å². The number of carbonyl (C=O) groups is 1. The molecule has 0 unspecified atom stereocenters. The lowest BCUT2D eigenvalue weighted by atomic mass is 10.2. The lowest BCUT2D eigenvalue weighted by Crippen LogP contribution is -2.08. The van der Waals surface area contributed by atoms with Crippen LogP contribution >= 0.6 is 0 Å². The zero-order chi connectivity index (χ0) is 10.6. The number of hydrogen-bond acceptors (Lipinski definition) is 3. The Balaban J connectivity index is 3.00. The minimum absolute atomic E-state index is 0.326. The van der Waals surface area contributed by atoms with Crippen LogP contribution in [0.4, 0.5) is 0 Å². The van der Waals surface area contributed by atoms with Crippen molar-refractivity contribution in [2.24, 2.45) is 0 Å². The number of aromatic nitrogens is 1. The Morgan fingerprint density at radius 1 is 1.64 bits per heavy atom. The quantitative estimate of drug-likeness (QED) is 0.687. The van der Waals surface area contributed by atoms with E-state index < -0.39 is 5.97 Å². The van der Waals surface area contributed by atoms with E-state index in [2.05, 4.69) is 11.6 Å². The molecule has 0 bridgehead atoms. The zero-order valence-corrected chi connectivity index (χ0v) is 8.41. The van der Waals surface area contributed by atoms with Gasteiger partial charge in [0.1, 0.15) is 5.69 Å². The molecule has 0 aromatic carbocycles. The largest absolute Gasteiger partial charge is 0.461 e. The monoisotopic (exact) mass is 191 g/mol. The average Bonchev–Trinajstić information content (AvgIpc) is 2.19. The van der Waals surface area contributed by atoms with Gasteiger partial charge in [-0.2, -0.15) is 0 Å². The van der Waals surface area contributed by atoms with E-state index in [0.29, 0.717) is 12.3 Å². The highest BCUT2D eigenvalue weighted by Gasteiger charge is 2.08. The number of nitrogens with zero attached hydrogens (tertiary/aromatic N) is 1. The topological polar surface area (TPSA) is 39.2 Å². The Kier molecular flexibility index (Phi) is 3.40. The van der Waals surface area contributed by atoms with Crippen LogP contribution in [0.5, 0.6) is 0 Å². The highest BCUT2D eigenvalue weighted by Crippen LogP contribution is 2.08. The summed E-state index contributed by atoms with van der Waals surface area (Å²) in [4.78, 5) is 15.4. The number of hydrogen-bond donors (Lipinski definition) is 0. The molecule has 1 rings (SSSR count). The minimum atomic E-state index is -0.393. The number of aryl methyl sites for hydroxylation is 1. The van der Waals surface area contributed by atoms with Crippen LogP contribution in [0.1, 0.15) is 28.7 Å². The number of esters is 1. The smallest absolute Gasteiger partial charge is 0.356 e. The van der Waals surface area contributed by atoms with Crippen LogP contribution in [-0.4, -0.2) is 17.6 Å². The van der Waals surface area contributed by atoms with E-state index in [1.807, 2.05) is 13.0 Å². The van der Waals surface area contributed by atoms with E-state index in [1.54, 1.807) is 19.1 Å². The lowest BCUT2D eigenvalue weighted by molar-refractivity contribution is 0.0519. The van der Waals surface area contributed by atoms with Crippen LogP contribution < -0.4 is 0 Å². The van der Waals surface area contributed by atoms with Crippen LogP contribution in [0.15, 0.2) is 18.7 Å². The summed E-state index contributed by atoms with van der Waals surface area (Å²) >= 11 is 0. The summed E-state index contributed by atoms with van der Waals surface area (Å²) in [5.74, 6) is -0.393. The Labute approximate surface area is 83.4 Å². The highest BCUT2D eigenvalue weighted by atomic mass is 16.5. The van der Waals surface area contributed by atoms with Gasteiger partial charge in [-0.25, -0.2) is 9.78 Å². The van der Waals surface area contributed by atoms with Gasteiger partial charge in [-0.1, -0.05) is 12.6 Å². The predicted octanol–water partition coefficient (Wildman–Crippen LogP) is 2.21. The Morgan fingerprint density at radius 2 is 2.36 bits per heavy atom. The molecule has 0 aliphatic rings. The van der Waals surface area contributed by atoms with Gasteiger partial charge in [-0.3, -0.25) is 0 Å². The van der Waals surface area contributed by atoms with Crippen LogP contribution in [-0.2, 0) is 4.74 Å². The van der Waals surface area contributed by atoms with Crippen molar-refractivity contribution in [2.75, 3.05) is 6.61 Å². The van der Waals surface area contributed by atoms with E-state index in [1.165, 1.54) is 0 Å². The summed E-state index contributed by atoms with van der Waals surface area (Å²) in [5, 5.41) is 0. The third-order valence-electron chi connectivity index (χ3n) is 1.81. The summed E-state index contributed by atoms with van der Waals surface area (Å²) in [6, 6.07) is 3.48. The fourth-order valence-corrected chi connectivity index (χ4v) is 1.07. The van der Waals surface area contributed by atoms with Gasteiger partial charge < -0.3 is 4.74 Å². The normalized spacial score (nSPS) is 9.57. The average molecular weight is 191 g/mol. The van der Waals surface area contributed by atoms with Crippen LogP contribution in [0.25, 0.3) is 6.08 Å². The minimum Gasteiger partial charge on any atom is -0.461 e. The number of rotatable bonds is 3. The van der Waals surface area contributed by atoms with E-state index >= 15 is 0 Å². The summed E-state index contributed by atoms with van der Waals surface area (Å²) in [5.41, 5.74) is 2.04. The third-order valence-corrected chi connectivity index (χ3v) is 1.81. The van der Waals surface area contributed by atoms with Crippen molar-refractivity contribution < 1.29 is 9.53 Å². The molecule has 0 aliphatic carbocycles. The molecule has 1 heterocycles. The van der Waals surface area contributed by atoms with Crippen LogP contribution in [0.3, 0.4) is 0 Å². The van der Waals surface area contributed by atoms with E-state index in [9.17, 15) is 4.79 Å². The SMILES string of the molecule is C=Cc1nc(C(=O)OCC)ccc1C. The molecule has 0 aliphatic heterocycles. The molecule has 0 N–H and O–H groups in total. The van der Waals surface area contributed by atoms with Crippen molar-refractivity contribution in [1.82, 2.24) is 4.98 Å². The fraction of sp³-hybridized carbons (Fsp3) is 0.273. The summed E-state index contributed by atoms with van der Waals surface area (Å²) in [7, 11) is 0. The molecule has 0 saturated heterocycles. The van der Waals surface area contributed by atoms with Gasteiger partial charge in [0.05, 0.1) is 12.3 Å². The summed E-state index contributed by atoms with van der Waals surface area (Å²) < 4.78 is 4.83. The third kappa shape index (κ3) is 2.19. The number of pyridine rings is 1. The molecule has 3 heteroatoms. The first-order valence-electron chi connectivity index (χ1n) is 4.46. The van der Waals surface area contributed by atoms with Gasteiger partial charge in [0.25, 0.3) is 0 Å². The van der Waals surface area contributed by atoms with E-state index in [-0.39, 0.29) is 0 Å². The van der Waals surface area contributed by atoms with Gasteiger partial charge in [0, 0.05) is 0 Å². The molecule has 0 radical (unpaired) electrons. The molecule has 0 amide bonds. The van der Waals surface area contributed by atoms with Gasteiger partial charge >= 0.3 is 5.97 Å². The van der Waals surface area contributed by atoms with Crippen molar-refractivity contribution >= 4 is 12.0 Å². The predicted molar refractivity (Wildman–Crippen MR) is 55.0 cm³/mol. The molecule has 0 saturated carbocycles. The maximum absolute atomic E-state index is 11.3. The van der Waals surface area contributed by atoms with Crippen molar-refractivity contribution in [1.29, 1.82) is 0 Å². The lowest BCUT2D eigenvalue weighted by Gasteiger charge is -2.03. The van der Waals surface area contributed by atoms with Crippen molar-refractivity contribution in [2.45, 2.75) is 13.8 Å². The summed E-state index contributed by atoms with van der Waals surface area (Å²) in [6.45, 7) is 7.66. The van der Waals surface area contributed by atoms with Gasteiger partial charge in [-0.05, 0) is 31.6 Å². The summed E-state index contributed by atoms with van der Waals surface area (Å²) in [6.07, 6.45) is 1.62. The molecule has 0 spiro atoms. The first kappa shape index (κ1) is 10.4. The standard InChI is InChI=1S/C11H13NO2/c1-4-9-8(3)6-7-10(12-9)11(13)14-5-2/h4,6-7H,1,5H2,2-3H3. The number of carbonyl (C=O) groups excluding carboxylic acids is 1. The van der Waals surface area contributed by atoms with E-state index in [4.69, 9.17) is 4.74 Å². The molecule has 0 fully saturated rings. The second kappa shape index (κ2) is 4.56. The van der Waals surface area contributed by atoms with Crippen molar-refractivity contribution in [3.05, 3.63) is 35.7 Å². The van der Waals surface area contributed by atoms with E-state index in [0.717, 1.165) is 11.3 Å². The number of ether oxygens (including phenoxy) is 1. The second-order valence-electron chi connectivity index (χ2n) is 2.82. The highest BCUT2D eigenvalue weighted by molar-refractivity contribution is 5.87. The Morgan fingerprint density at radius 3 is 2.93 bits per heavy atom. The van der Waals surface area contributed by atoms with Gasteiger partial charge in [0.2, 0.25) is 0 Å². The Hall–Kier alpha value is -1.64. The molecular formula is C11H13NO2. The molecule has 14 heavy (non-hydrogen) atoms. The molecule has 0 atom stereocenters. The molecule has 3 nitrogen and oxygen atoms in total. The van der Waals surface area contributed by atoms with Crippen molar-refractivity contribution in [3.8, 4) is 0 Å². The Bertz CT molecular complexity index is 358. The first-order valence-corrected chi connectivity index (χ1v) is 4.46. The maximum Gasteiger partial charge on any atom is 0.356 e. The maximum atomic E-state index is 11.3. The van der Waals surface area contributed by atoms with Crippen LogP contribution in [0.2, 0.25) is 0 Å². The molecule has 1 aromatic heterocycles. The molecular weight excluding hydrogens is 178 g/mol. The van der Waals surface area contributed by atoms with Crippen LogP contribution in [0, 0.1) is 6.92 Å². The fourth-order valence-electron chi connectivity index (χ4n) is 1.07. The zero-order valence-electron chi connectivity index (χ0n) is 8.41. The molecule has 74 valence electrons. The second-order valence-corrected chi connectivity index (χ2v) is 2.82. The first-order chi connectivity index (χ1) is 6.69.